The van der Waals surface area contributed by atoms with E-state index in [0.717, 1.165) is 16.9 Å². The number of nitro benzene ring substituents is 1. The topological polar surface area (TPSA) is 76.2 Å². The lowest BCUT2D eigenvalue weighted by molar-refractivity contribution is -0.384. The molecule has 3 aromatic carbocycles. The highest BCUT2D eigenvalue weighted by Gasteiger charge is 2.07. The molecule has 0 aliphatic heterocycles. The van der Waals surface area contributed by atoms with E-state index < -0.39 is 4.92 Å². The quantitative estimate of drug-likeness (QED) is 0.231. The van der Waals surface area contributed by atoms with Gasteiger partial charge in [-0.25, -0.2) is 0 Å². The van der Waals surface area contributed by atoms with E-state index in [1.54, 1.807) is 18.2 Å². The van der Waals surface area contributed by atoms with Gasteiger partial charge in [0.05, 0.1) is 16.6 Å². The third-order valence-electron chi connectivity index (χ3n) is 4.39. The molecule has 0 aliphatic carbocycles. The minimum atomic E-state index is -0.462. The largest absolute Gasteiger partial charge is 0.489 e. The molecule has 0 N–H and O–H groups in total. The average molecular weight is 384 g/mol. The number of allylic oxidation sites excluding steroid dienone is 1. The van der Waals surface area contributed by atoms with E-state index in [2.05, 4.69) is 38.1 Å². The summed E-state index contributed by atoms with van der Waals surface area (Å²) < 4.78 is 5.86. The van der Waals surface area contributed by atoms with Crippen molar-refractivity contribution in [3.05, 3.63) is 105 Å². The molecule has 3 rings (SSSR count). The molecule has 0 bridgehead atoms. The molecule has 0 amide bonds. The molecule has 144 valence electrons. The van der Waals surface area contributed by atoms with Crippen molar-refractivity contribution in [2.75, 3.05) is 0 Å². The fourth-order valence-electron chi connectivity index (χ4n) is 3.09. The number of hydrogen-bond donors (Lipinski definition) is 0. The van der Waals surface area contributed by atoms with Crippen molar-refractivity contribution >= 4 is 17.3 Å². The van der Waals surface area contributed by atoms with E-state index in [1.165, 1.54) is 23.3 Å². The highest BCUT2D eigenvalue weighted by Crippen LogP contribution is 2.22. The van der Waals surface area contributed by atoms with Crippen LogP contribution in [0.2, 0.25) is 0 Å². The van der Waals surface area contributed by atoms with Crippen molar-refractivity contribution < 1.29 is 9.66 Å². The molecule has 29 heavy (non-hydrogen) atoms. The fraction of sp³-hybridized carbons (Fsp3) is 0.125. The van der Waals surface area contributed by atoms with Crippen LogP contribution in [0.5, 0.6) is 5.75 Å². The van der Waals surface area contributed by atoms with Crippen LogP contribution in [-0.2, 0) is 6.61 Å². The summed E-state index contributed by atoms with van der Waals surface area (Å²) in [6.07, 6.45) is 1.74. The van der Waals surface area contributed by atoms with Gasteiger partial charge in [0.1, 0.15) is 12.4 Å². The van der Waals surface area contributed by atoms with Crippen LogP contribution in [0.4, 0.5) is 5.69 Å². The minimum Gasteiger partial charge on any atom is -0.489 e. The van der Waals surface area contributed by atoms with E-state index >= 15 is 0 Å². The molecule has 5 nitrogen and oxygen atoms in total. The van der Waals surface area contributed by atoms with Crippen LogP contribution < -0.4 is 4.74 Å². The number of non-ortho nitro benzene ring substituents is 1. The zero-order valence-corrected chi connectivity index (χ0v) is 16.3. The van der Waals surface area contributed by atoms with Gasteiger partial charge in [0.15, 0.2) is 0 Å². The van der Waals surface area contributed by atoms with Crippen molar-refractivity contribution in [1.29, 1.82) is 5.26 Å². The Kier molecular flexibility index (Phi) is 6.06. The first-order valence-electron chi connectivity index (χ1n) is 9.11. The average Bonchev–Trinajstić information content (AvgIpc) is 2.71. The number of benzene rings is 3. The van der Waals surface area contributed by atoms with Gasteiger partial charge in [-0.3, -0.25) is 10.1 Å². The first-order valence-corrected chi connectivity index (χ1v) is 9.11. The number of rotatable bonds is 6. The molecule has 0 saturated carbocycles. The number of aryl methyl sites for hydroxylation is 2. The van der Waals surface area contributed by atoms with Crippen LogP contribution in [0, 0.1) is 35.3 Å². The van der Waals surface area contributed by atoms with Gasteiger partial charge in [0.25, 0.3) is 5.69 Å². The number of hydrogen-bond acceptors (Lipinski definition) is 4. The predicted molar refractivity (Wildman–Crippen MR) is 113 cm³/mol. The Balaban J connectivity index is 1.71. The zero-order valence-electron chi connectivity index (χ0n) is 16.3. The SMILES string of the molecule is Cc1cc(C)cc(COc2ccc(C=C(C#N)c3ccc([N+](=O)[O-])cc3)cc2)c1. The molecule has 0 radical (unpaired) electrons. The summed E-state index contributed by atoms with van der Waals surface area (Å²) in [5.41, 5.74) is 5.45. The lowest BCUT2D eigenvalue weighted by atomic mass is 10.0. The number of nitro groups is 1. The number of nitriles is 1. The van der Waals surface area contributed by atoms with Crippen LogP contribution in [-0.4, -0.2) is 4.92 Å². The molecule has 0 heterocycles. The molecule has 0 unspecified atom stereocenters. The summed E-state index contributed by atoms with van der Waals surface area (Å²) in [6.45, 7) is 4.62. The second-order valence-electron chi connectivity index (χ2n) is 6.83. The van der Waals surface area contributed by atoms with Crippen molar-refractivity contribution in [2.45, 2.75) is 20.5 Å². The first-order chi connectivity index (χ1) is 13.9. The Labute approximate surface area is 169 Å². The Hall–Kier alpha value is -3.91. The van der Waals surface area contributed by atoms with Gasteiger partial charge >= 0.3 is 0 Å². The fourth-order valence-corrected chi connectivity index (χ4v) is 3.09. The van der Waals surface area contributed by atoms with Crippen LogP contribution >= 0.6 is 0 Å². The highest BCUT2D eigenvalue weighted by atomic mass is 16.6. The van der Waals surface area contributed by atoms with Gasteiger partial charge in [-0.1, -0.05) is 41.5 Å². The van der Waals surface area contributed by atoms with E-state index in [-0.39, 0.29) is 5.69 Å². The maximum absolute atomic E-state index is 10.8. The predicted octanol–water partition coefficient (Wildman–Crippen LogP) is 5.85. The standard InChI is InChI=1S/C24H20N2O3/c1-17-11-18(2)13-20(12-17)16-29-24-9-3-19(4-10-24)14-22(15-25)21-5-7-23(8-6-21)26(27)28/h3-14H,16H2,1-2H3. The smallest absolute Gasteiger partial charge is 0.269 e. The normalized spacial score (nSPS) is 11.0. The summed E-state index contributed by atoms with van der Waals surface area (Å²) in [4.78, 5) is 10.3. The van der Waals surface area contributed by atoms with Gasteiger partial charge in [-0.05, 0) is 60.9 Å². The van der Waals surface area contributed by atoms with Gasteiger partial charge < -0.3 is 4.74 Å². The monoisotopic (exact) mass is 384 g/mol. The third-order valence-corrected chi connectivity index (χ3v) is 4.39. The summed E-state index contributed by atoms with van der Waals surface area (Å²) in [5.74, 6) is 0.746. The maximum Gasteiger partial charge on any atom is 0.269 e. The highest BCUT2D eigenvalue weighted by molar-refractivity contribution is 5.89. The summed E-state index contributed by atoms with van der Waals surface area (Å²) in [5, 5.41) is 20.2. The molecular weight excluding hydrogens is 364 g/mol. The Morgan fingerprint density at radius 1 is 1.03 bits per heavy atom. The van der Waals surface area contributed by atoms with Gasteiger partial charge in [-0.2, -0.15) is 5.26 Å². The van der Waals surface area contributed by atoms with E-state index in [4.69, 9.17) is 4.74 Å². The molecular formula is C24H20N2O3. The minimum absolute atomic E-state index is 0.00338. The molecule has 3 aromatic rings. The van der Waals surface area contributed by atoms with Gasteiger partial charge in [0, 0.05) is 12.1 Å². The molecule has 0 aromatic heterocycles. The van der Waals surface area contributed by atoms with Crippen LogP contribution in [0.15, 0.2) is 66.7 Å². The zero-order chi connectivity index (χ0) is 20.8. The Morgan fingerprint density at radius 3 is 2.21 bits per heavy atom. The molecule has 0 saturated heterocycles. The molecule has 0 aliphatic rings. The molecule has 0 spiro atoms. The van der Waals surface area contributed by atoms with Crippen molar-refractivity contribution in [3.8, 4) is 11.8 Å². The second-order valence-corrected chi connectivity index (χ2v) is 6.83. The number of nitrogens with zero attached hydrogens (tertiary/aromatic N) is 2. The second kappa shape index (κ2) is 8.85. The molecule has 5 heteroatoms. The molecule has 0 fully saturated rings. The maximum atomic E-state index is 10.8. The van der Waals surface area contributed by atoms with Crippen molar-refractivity contribution in [1.82, 2.24) is 0 Å². The summed E-state index contributed by atoms with van der Waals surface area (Å²) >= 11 is 0. The lowest BCUT2D eigenvalue weighted by Gasteiger charge is -2.08. The summed E-state index contributed by atoms with van der Waals surface area (Å²) in [6, 6.07) is 21.9. The van der Waals surface area contributed by atoms with Gasteiger partial charge in [0.2, 0.25) is 0 Å². The summed E-state index contributed by atoms with van der Waals surface area (Å²) in [7, 11) is 0. The third kappa shape index (κ3) is 5.30. The van der Waals surface area contributed by atoms with Crippen LogP contribution in [0.25, 0.3) is 11.6 Å². The number of ether oxygens (including phenoxy) is 1. The van der Waals surface area contributed by atoms with Crippen LogP contribution in [0.3, 0.4) is 0 Å². The van der Waals surface area contributed by atoms with Crippen molar-refractivity contribution in [3.63, 3.8) is 0 Å². The van der Waals surface area contributed by atoms with Crippen molar-refractivity contribution in [2.24, 2.45) is 0 Å². The van der Waals surface area contributed by atoms with Gasteiger partial charge in [-0.15, -0.1) is 0 Å². The first kappa shape index (κ1) is 19.8. The van der Waals surface area contributed by atoms with Crippen LogP contribution in [0.1, 0.15) is 27.8 Å². The molecule has 0 atom stereocenters. The van der Waals surface area contributed by atoms with E-state index in [0.29, 0.717) is 17.7 Å². The Morgan fingerprint density at radius 2 is 1.66 bits per heavy atom. The Bertz CT molecular complexity index is 1070. The van der Waals surface area contributed by atoms with E-state index in [1.807, 2.05) is 24.3 Å². The van der Waals surface area contributed by atoms with E-state index in [9.17, 15) is 15.4 Å². The lowest BCUT2D eigenvalue weighted by Crippen LogP contribution is -1.96.